The topological polar surface area (TPSA) is 48.4 Å². The molecule has 1 aromatic heterocycles. The fraction of sp³-hybridized carbons (Fsp3) is 0.176. The number of ether oxygens (including phenoxy) is 2. The van der Waals surface area contributed by atoms with E-state index in [0.717, 1.165) is 20.4 Å². The lowest BCUT2D eigenvalue weighted by Gasteiger charge is -2.08. The van der Waals surface area contributed by atoms with Crippen LogP contribution in [0.1, 0.15) is 18.1 Å². The van der Waals surface area contributed by atoms with Gasteiger partial charge >= 0.3 is 5.97 Å². The van der Waals surface area contributed by atoms with Crippen LogP contribution in [0.25, 0.3) is 6.08 Å². The summed E-state index contributed by atoms with van der Waals surface area (Å²) in [6.07, 6.45) is 6.66. The average Bonchev–Trinajstić information content (AvgIpc) is 2.53. The Labute approximate surface area is 143 Å². The molecule has 0 saturated carbocycles. The molecule has 22 heavy (non-hydrogen) atoms. The van der Waals surface area contributed by atoms with Crippen LogP contribution < -0.4 is 4.74 Å². The summed E-state index contributed by atoms with van der Waals surface area (Å²) in [4.78, 5) is 15.3. The number of benzene rings is 1. The Morgan fingerprint density at radius 3 is 2.91 bits per heavy atom. The number of hydrogen-bond donors (Lipinski definition) is 0. The molecule has 1 heterocycles. The summed E-state index contributed by atoms with van der Waals surface area (Å²) in [5, 5.41) is 0. The molecule has 0 saturated heterocycles. The number of nitrogens with zero attached hydrogens (tertiary/aromatic N) is 1. The fourth-order valence-electron chi connectivity index (χ4n) is 1.74. The van der Waals surface area contributed by atoms with Gasteiger partial charge in [0.05, 0.1) is 10.2 Å². The molecule has 5 heteroatoms. The van der Waals surface area contributed by atoms with Gasteiger partial charge in [0.15, 0.2) is 0 Å². The molecular formula is C17H16INO3. The third-order valence-corrected chi connectivity index (χ3v) is 3.61. The molecule has 0 amide bonds. The Hall–Kier alpha value is -1.89. The van der Waals surface area contributed by atoms with Gasteiger partial charge in [-0.3, -0.25) is 4.98 Å². The van der Waals surface area contributed by atoms with Crippen molar-refractivity contribution < 1.29 is 14.3 Å². The Kier molecular flexibility index (Phi) is 6.39. The van der Waals surface area contributed by atoms with Gasteiger partial charge < -0.3 is 9.47 Å². The first kappa shape index (κ1) is 16.5. The molecule has 0 spiro atoms. The highest BCUT2D eigenvalue weighted by molar-refractivity contribution is 14.1. The Bertz CT molecular complexity index is 656. The van der Waals surface area contributed by atoms with E-state index in [1.54, 1.807) is 25.4 Å². The van der Waals surface area contributed by atoms with E-state index in [4.69, 9.17) is 9.47 Å². The predicted octanol–water partition coefficient (Wildman–Crippen LogP) is 3.84. The highest BCUT2D eigenvalue weighted by atomic mass is 127. The Morgan fingerprint density at radius 1 is 1.36 bits per heavy atom. The van der Waals surface area contributed by atoms with Crippen molar-refractivity contribution in [3.8, 4) is 5.75 Å². The Morgan fingerprint density at radius 2 is 2.23 bits per heavy atom. The summed E-state index contributed by atoms with van der Waals surface area (Å²) >= 11 is 2.21. The molecular weight excluding hydrogens is 393 g/mol. The van der Waals surface area contributed by atoms with E-state index in [9.17, 15) is 4.79 Å². The molecule has 2 rings (SSSR count). The number of aromatic nitrogens is 1. The number of carbonyl (C=O) groups is 1. The van der Waals surface area contributed by atoms with Gasteiger partial charge in [-0.15, -0.1) is 0 Å². The van der Waals surface area contributed by atoms with Crippen LogP contribution in [-0.4, -0.2) is 17.6 Å². The normalized spacial score (nSPS) is 10.6. The molecule has 2 aromatic rings. The van der Waals surface area contributed by atoms with Crippen LogP contribution in [0.5, 0.6) is 5.75 Å². The smallest absolute Gasteiger partial charge is 0.330 e. The lowest BCUT2D eigenvalue weighted by Crippen LogP contribution is -1.99. The zero-order valence-corrected chi connectivity index (χ0v) is 14.3. The maximum Gasteiger partial charge on any atom is 0.330 e. The quantitative estimate of drug-likeness (QED) is 0.413. The van der Waals surface area contributed by atoms with Gasteiger partial charge in [0, 0.05) is 24.0 Å². The minimum atomic E-state index is -0.339. The van der Waals surface area contributed by atoms with Crippen molar-refractivity contribution in [2.75, 3.05) is 6.61 Å². The standard InChI is InChI=1S/C17H16INO3/c1-2-21-17(20)8-6-13-5-7-16(15(18)10-13)22-12-14-4-3-9-19-11-14/h3-11H,2,12H2,1H3/b8-6+. The predicted molar refractivity (Wildman–Crippen MR) is 93.4 cm³/mol. The van der Waals surface area contributed by atoms with Crippen LogP contribution in [-0.2, 0) is 16.1 Å². The van der Waals surface area contributed by atoms with E-state index < -0.39 is 0 Å². The highest BCUT2D eigenvalue weighted by Gasteiger charge is 2.03. The average molecular weight is 409 g/mol. The monoisotopic (exact) mass is 409 g/mol. The van der Waals surface area contributed by atoms with Gasteiger partial charge in [-0.05, 0) is 59.4 Å². The third kappa shape index (κ3) is 5.14. The summed E-state index contributed by atoms with van der Waals surface area (Å²) in [5.74, 6) is 0.465. The number of rotatable bonds is 6. The zero-order valence-electron chi connectivity index (χ0n) is 12.2. The van der Waals surface area contributed by atoms with Crippen molar-refractivity contribution in [2.24, 2.45) is 0 Å². The maximum absolute atomic E-state index is 11.3. The van der Waals surface area contributed by atoms with Gasteiger partial charge in [-0.1, -0.05) is 12.1 Å². The number of pyridine rings is 1. The van der Waals surface area contributed by atoms with Crippen molar-refractivity contribution in [2.45, 2.75) is 13.5 Å². The largest absolute Gasteiger partial charge is 0.488 e. The highest BCUT2D eigenvalue weighted by Crippen LogP contribution is 2.23. The van der Waals surface area contributed by atoms with Crippen molar-refractivity contribution in [3.63, 3.8) is 0 Å². The van der Waals surface area contributed by atoms with Gasteiger partial charge in [0.2, 0.25) is 0 Å². The van der Waals surface area contributed by atoms with Gasteiger partial charge in [-0.25, -0.2) is 4.79 Å². The number of hydrogen-bond acceptors (Lipinski definition) is 4. The molecule has 0 unspecified atom stereocenters. The molecule has 0 atom stereocenters. The molecule has 0 radical (unpaired) electrons. The van der Waals surface area contributed by atoms with Crippen molar-refractivity contribution in [1.29, 1.82) is 0 Å². The van der Waals surface area contributed by atoms with Crippen molar-refractivity contribution in [1.82, 2.24) is 4.98 Å². The first-order chi connectivity index (χ1) is 10.7. The summed E-state index contributed by atoms with van der Waals surface area (Å²) in [6.45, 7) is 2.63. The molecule has 0 N–H and O–H groups in total. The zero-order chi connectivity index (χ0) is 15.8. The molecule has 1 aromatic carbocycles. The van der Waals surface area contributed by atoms with Crippen LogP contribution in [0.3, 0.4) is 0 Å². The second-order valence-electron chi connectivity index (χ2n) is 4.43. The Balaban J connectivity index is 1.99. The van der Waals surface area contributed by atoms with E-state index in [2.05, 4.69) is 27.6 Å². The van der Waals surface area contributed by atoms with Gasteiger partial charge in [-0.2, -0.15) is 0 Å². The molecule has 0 bridgehead atoms. The first-order valence-corrected chi connectivity index (χ1v) is 7.93. The lowest BCUT2D eigenvalue weighted by atomic mass is 10.2. The van der Waals surface area contributed by atoms with E-state index in [1.165, 1.54) is 6.08 Å². The number of esters is 1. The fourth-order valence-corrected chi connectivity index (χ4v) is 2.43. The molecule has 114 valence electrons. The molecule has 4 nitrogen and oxygen atoms in total. The van der Waals surface area contributed by atoms with E-state index in [1.807, 2.05) is 30.3 Å². The second-order valence-corrected chi connectivity index (χ2v) is 5.59. The van der Waals surface area contributed by atoms with E-state index in [0.29, 0.717) is 13.2 Å². The maximum atomic E-state index is 11.3. The van der Waals surface area contributed by atoms with Gasteiger partial charge in [0.25, 0.3) is 0 Å². The second kappa shape index (κ2) is 8.53. The molecule has 0 aliphatic carbocycles. The van der Waals surface area contributed by atoms with E-state index in [-0.39, 0.29) is 5.97 Å². The summed E-state index contributed by atoms with van der Waals surface area (Å²) in [6, 6.07) is 9.59. The SMILES string of the molecule is CCOC(=O)/C=C/c1ccc(OCc2cccnc2)c(I)c1. The van der Waals surface area contributed by atoms with Crippen LogP contribution >= 0.6 is 22.6 Å². The summed E-state index contributed by atoms with van der Waals surface area (Å²) in [5.41, 5.74) is 1.94. The third-order valence-electron chi connectivity index (χ3n) is 2.77. The minimum absolute atomic E-state index is 0.339. The van der Waals surface area contributed by atoms with E-state index >= 15 is 0 Å². The van der Waals surface area contributed by atoms with Crippen LogP contribution in [0.15, 0.2) is 48.8 Å². The lowest BCUT2D eigenvalue weighted by molar-refractivity contribution is -0.137. The van der Waals surface area contributed by atoms with Crippen LogP contribution in [0.4, 0.5) is 0 Å². The summed E-state index contributed by atoms with van der Waals surface area (Å²) in [7, 11) is 0. The number of carbonyl (C=O) groups excluding carboxylic acids is 1. The minimum Gasteiger partial charge on any atom is -0.488 e. The number of halogens is 1. The van der Waals surface area contributed by atoms with Crippen molar-refractivity contribution >= 4 is 34.6 Å². The molecule has 0 aliphatic heterocycles. The van der Waals surface area contributed by atoms with Crippen LogP contribution in [0, 0.1) is 3.57 Å². The van der Waals surface area contributed by atoms with Crippen molar-refractivity contribution in [3.05, 3.63) is 63.5 Å². The molecule has 0 fully saturated rings. The first-order valence-electron chi connectivity index (χ1n) is 6.85. The molecule has 0 aliphatic rings. The van der Waals surface area contributed by atoms with Crippen LogP contribution in [0.2, 0.25) is 0 Å². The summed E-state index contributed by atoms with van der Waals surface area (Å²) < 4.78 is 11.6. The van der Waals surface area contributed by atoms with Gasteiger partial charge in [0.1, 0.15) is 12.4 Å².